The third-order valence-corrected chi connectivity index (χ3v) is 5.62. The number of nitrogens with one attached hydrogen (secondary N) is 1. The van der Waals surface area contributed by atoms with Crippen molar-refractivity contribution in [3.63, 3.8) is 0 Å². The van der Waals surface area contributed by atoms with Gasteiger partial charge in [-0.1, -0.05) is 60.7 Å². The second kappa shape index (κ2) is 8.21. The fourth-order valence-electron chi connectivity index (χ4n) is 3.79. The van der Waals surface area contributed by atoms with Crippen molar-refractivity contribution in [3.8, 4) is 11.3 Å². The molecule has 0 spiro atoms. The van der Waals surface area contributed by atoms with E-state index in [0.29, 0.717) is 6.04 Å². The largest absolute Gasteiger partial charge is 0.367 e. The van der Waals surface area contributed by atoms with Gasteiger partial charge in [0.1, 0.15) is 5.82 Å². The number of piperazine rings is 1. The second-order valence-electron chi connectivity index (χ2n) is 7.97. The van der Waals surface area contributed by atoms with Crippen molar-refractivity contribution in [1.82, 2.24) is 14.9 Å². The summed E-state index contributed by atoms with van der Waals surface area (Å²) in [4.78, 5) is 14.6. The van der Waals surface area contributed by atoms with Crippen LogP contribution in [0.15, 0.2) is 66.7 Å². The molecule has 2 aliphatic rings. The average molecular weight is 386 g/mol. The molecule has 5 heteroatoms. The average Bonchev–Trinajstić information content (AvgIpc) is 3.59. The van der Waals surface area contributed by atoms with Crippen LogP contribution in [0.4, 0.5) is 11.8 Å². The van der Waals surface area contributed by atoms with Crippen LogP contribution in [0, 0.1) is 0 Å². The molecule has 1 aliphatic carbocycles. The molecule has 1 aromatic heterocycles. The van der Waals surface area contributed by atoms with Gasteiger partial charge in [-0.2, -0.15) is 4.98 Å². The van der Waals surface area contributed by atoms with Gasteiger partial charge in [0.05, 0.1) is 5.69 Å². The Bertz CT molecular complexity index is 932. The molecule has 29 heavy (non-hydrogen) atoms. The van der Waals surface area contributed by atoms with Crippen LogP contribution in [0.5, 0.6) is 0 Å². The van der Waals surface area contributed by atoms with Gasteiger partial charge in [0.25, 0.3) is 0 Å². The summed E-state index contributed by atoms with van der Waals surface area (Å²) in [6.45, 7) is 4.97. The molecule has 2 fully saturated rings. The third kappa shape index (κ3) is 4.57. The minimum atomic E-state index is 0.573. The van der Waals surface area contributed by atoms with Crippen LogP contribution >= 0.6 is 0 Å². The highest BCUT2D eigenvalue weighted by molar-refractivity contribution is 5.64. The number of anilines is 2. The van der Waals surface area contributed by atoms with E-state index in [1.165, 1.54) is 18.4 Å². The Balaban J connectivity index is 1.32. The summed E-state index contributed by atoms with van der Waals surface area (Å²) in [5.41, 5.74) is 3.50. The van der Waals surface area contributed by atoms with E-state index < -0.39 is 0 Å². The van der Waals surface area contributed by atoms with E-state index in [0.717, 1.165) is 55.7 Å². The van der Waals surface area contributed by atoms with Crippen molar-refractivity contribution in [2.75, 3.05) is 36.4 Å². The molecule has 5 nitrogen and oxygen atoms in total. The lowest BCUT2D eigenvalue weighted by Crippen LogP contribution is -2.46. The summed E-state index contributed by atoms with van der Waals surface area (Å²) in [5.74, 6) is 1.79. The number of benzene rings is 2. The Morgan fingerprint density at radius 1 is 0.828 bits per heavy atom. The third-order valence-electron chi connectivity index (χ3n) is 5.62. The Morgan fingerprint density at radius 3 is 2.21 bits per heavy atom. The minimum absolute atomic E-state index is 0.573. The fourth-order valence-corrected chi connectivity index (χ4v) is 3.79. The summed E-state index contributed by atoms with van der Waals surface area (Å²) < 4.78 is 0. The van der Waals surface area contributed by atoms with Crippen molar-refractivity contribution in [2.45, 2.75) is 25.4 Å². The predicted molar refractivity (Wildman–Crippen MR) is 118 cm³/mol. The van der Waals surface area contributed by atoms with Crippen molar-refractivity contribution >= 4 is 11.8 Å². The van der Waals surface area contributed by atoms with Crippen LogP contribution < -0.4 is 10.2 Å². The monoisotopic (exact) mass is 385 g/mol. The summed E-state index contributed by atoms with van der Waals surface area (Å²) in [7, 11) is 0. The smallest absolute Gasteiger partial charge is 0.227 e. The molecule has 0 unspecified atom stereocenters. The van der Waals surface area contributed by atoms with Gasteiger partial charge < -0.3 is 10.2 Å². The maximum Gasteiger partial charge on any atom is 0.227 e. The highest BCUT2D eigenvalue weighted by Crippen LogP contribution is 2.28. The van der Waals surface area contributed by atoms with Crippen molar-refractivity contribution < 1.29 is 0 Å². The predicted octanol–water partition coefficient (Wildman–Crippen LogP) is 4.04. The zero-order valence-electron chi connectivity index (χ0n) is 16.7. The first-order valence-corrected chi connectivity index (χ1v) is 10.6. The lowest BCUT2D eigenvalue weighted by atomic mass is 10.1. The van der Waals surface area contributed by atoms with Crippen LogP contribution in [-0.4, -0.2) is 47.1 Å². The molecule has 1 N–H and O–H groups in total. The van der Waals surface area contributed by atoms with E-state index >= 15 is 0 Å². The highest BCUT2D eigenvalue weighted by atomic mass is 15.3. The Hall–Kier alpha value is -2.92. The van der Waals surface area contributed by atoms with E-state index in [1.807, 2.05) is 6.07 Å². The topological polar surface area (TPSA) is 44.3 Å². The summed E-state index contributed by atoms with van der Waals surface area (Å²) in [6.07, 6.45) is 2.47. The number of rotatable bonds is 6. The van der Waals surface area contributed by atoms with Gasteiger partial charge in [-0.15, -0.1) is 0 Å². The molecule has 148 valence electrons. The van der Waals surface area contributed by atoms with Gasteiger partial charge >= 0.3 is 0 Å². The van der Waals surface area contributed by atoms with Gasteiger partial charge in [0.2, 0.25) is 5.95 Å². The van der Waals surface area contributed by atoms with E-state index in [2.05, 4.69) is 75.8 Å². The fraction of sp³-hybridized carbons (Fsp3) is 0.333. The molecule has 2 heterocycles. The lowest BCUT2D eigenvalue weighted by Gasteiger charge is -2.35. The SMILES string of the molecule is c1ccc(CN2CCN(c3nc(NC4CC4)cc(-c4ccccc4)n3)CC2)cc1. The molecule has 1 aliphatic heterocycles. The lowest BCUT2D eigenvalue weighted by molar-refractivity contribution is 0.249. The first-order valence-electron chi connectivity index (χ1n) is 10.6. The molecule has 1 saturated heterocycles. The molecular weight excluding hydrogens is 358 g/mol. The van der Waals surface area contributed by atoms with E-state index in [4.69, 9.17) is 9.97 Å². The molecule has 5 rings (SSSR count). The first-order chi connectivity index (χ1) is 14.3. The summed E-state index contributed by atoms with van der Waals surface area (Å²) in [6, 6.07) is 23.8. The Labute approximate surface area is 172 Å². The molecule has 0 bridgehead atoms. The van der Waals surface area contributed by atoms with Gasteiger partial charge in [-0.25, -0.2) is 4.98 Å². The van der Waals surface area contributed by atoms with Crippen LogP contribution in [0.1, 0.15) is 18.4 Å². The molecule has 0 amide bonds. The quantitative estimate of drug-likeness (QED) is 0.694. The molecule has 3 aromatic rings. The Kier molecular flexibility index (Phi) is 5.13. The highest BCUT2D eigenvalue weighted by Gasteiger charge is 2.24. The van der Waals surface area contributed by atoms with Gasteiger partial charge in [-0.3, -0.25) is 4.90 Å². The van der Waals surface area contributed by atoms with Crippen molar-refractivity contribution in [2.24, 2.45) is 0 Å². The number of nitrogens with zero attached hydrogens (tertiary/aromatic N) is 4. The minimum Gasteiger partial charge on any atom is -0.367 e. The maximum atomic E-state index is 4.92. The molecule has 2 aromatic carbocycles. The van der Waals surface area contributed by atoms with Gasteiger partial charge in [0, 0.05) is 50.4 Å². The molecule has 0 radical (unpaired) electrons. The molecular formula is C24H27N5. The zero-order valence-corrected chi connectivity index (χ0v) is 16.7. The van der Waals surface area contributed by atoms with E-state index in [1.54, 1.807) is 0 Å². The number of hydrogen-bond donors (Lipinski definition) is 1. The van der Waals surface area contributed by atoms with E-state index in [-0.39, 0.29) is 0 Å². The van der Waals surface area contributed by atoms with E-state index in [9.17, 15) is 0 Å². The van der Waals surface area contributed by atoms with Crippen molar-refractivity contribution in [1.29, 1.82) is 0 Å². The number of hydrogen-bond acceptors (Lipinski definition) is 5. The van der Waals surface area contributed by atoms with Gasteiger partial charge in [0.15, 0.2) is 0 Å². The van der Waals surface area contributed by atoms with Gasteiger partial charge in [-0.05, 0) is 18.4 Å². The Morgan fingerprint density at radius 2 is 1.52 bits per heavy atom. The van der Waals surface area contributed by atoms with Crippen molar-refractivity contribution in [3.05, 3.63) is 72.3 Å². The normalized spacial score (nSPS) is 17.3. The van der Waals surface area contributed by atoms with Crippen LogP contribution in [0.25, 0.3) is 11.3 Å². The van der Waals surface area contributed by atoms with Crippen LogP contribution in [0.2, 0.25) is 0 Å². The summed E-state index contributed by atoms with van der Waals surface area (Å²) >= 11 is 0. The first kappa shape index (κ1) is 18.1. The zero-order chi connectivity index (χ0) is 19.5. The number of aromatic nitrogens is 2. The standard InChI is InChI=1S/C24H27N5/c1-3-7-19(8-4-1)18-28-13-15-29(16-14-28)24-26-22(20-9-5-2-6-10-20)17-23(27-24)25-21-11-12-21/h1-10,17,21H,11-16,18H2,(H,25,26,27). The molecule has 1 saturated carbocycles. The summed E-state index contributed by atoms with van der Waals surface area (Å²) in [5, 5.41) is 3.56. The maximum absolute atomic E-state index is 4.92. The van der Waals surface area contributed by atoms with Crippen LogP contribution in [0.3, 0.4) is 0 Å². The second-order valence-corrected chi connectivity index (χ2v) is 7.97. The van der Waals surface area contributed by atoms with Crippen LogP contribution in [-0.2, 0) is 6.54 Å². The molecule has 0 atom stereocenters.